The zero-order valence-corrected chi connectivity index (χ0v) is 14.4. The van der Waals surface area contributed by atoms with Crippen LogP contribution in [0.3, 0.4) is 0 Å². The smallest absolute Gasteiger partial charge is 0.261 e. The highest BCUT2D eigenvalue weighted by atomic mass is 16.5. The van der Waals surface area contributed by atoms with Gasteiger partial charge in [-0.3, -0.25) is 14.5 Å². The minimum Gasteiger partial charge on any atom is -0.364 e. The number of amides is 2. The summed E-state index contributed by atoms with van der Waals surface area (Å²) in [6, 6.07) is 16.4. The lowest BCUT2D eigenvalue weighted by Crippen LogP contribution is -2.37. The molecule has 0 fully saturated rings. The van der Waals surface area contributed by atoms with Gasteiger partial charge in [-0.15, -0.1) is 0 Å². The van der Waals surface area contributed by atoms with Crippen LogP contribution in [0.4, 0.5) is 0 Å². The van der Waals surface area contributed by atoms with Crippen molar-refractivity contribution in [2.45, 2.75) is 26.5 Å². The molecular weight excluding hydrogens is 314 g/mol. The van der Waals surface area contributed by atoms with Gasteiger partial charge in [-0.05, 0) is 31.0 Å². The van der Waals surface area contributed by atoms with Crippen LogP contribution < -0.4 is 0 Å². The predicted molar refractivity (Wildman–Crippen MR) is 96.7 cm³/mol. The van der Waals surface area contributed by atoms with E-state index in [1.807, 2.05) is 49.4 Å². The van der Waals surface area contributed by atoms with E-state index in [-0.39, 0.29) is 12.5 Å². The van der Waals surface area contributed by atoms with Gasteiger partial charge in [0.05, 0.1) is 12.6 Å². The number of hydrogen-bond donors (Lipinski definition) is 0. The molecule has 0 radical (unpaired) electrons. The molecule has 0 bridgehead atoms. The minimum absolute atomic E-state index is 0.241. The van der Waals surface area contributed by atoms with E-state index in [2.05, 4.69) is 11.8 Å². The Morgan fingerprint density at radius 3 is 2.52 bits per heavy atom. The fourth-order valence-electron chi connectivity index (χ4n) is 2.32. The predicted octanol–water partition coefficient (Wildman–Crippen LogP) is 3.20. The summed E-state index contributed by atoms with van der Waals surface area (Å²) in [5.41, 5.74) is 2.40. The van der Waals surface area contributed by atoms with E-state index in [4.69, 9.17) is 4.74 Å². The molecule has 2 rings (SSSR count). The monoisotopic (exact) mass is 335 g/mol. The van der Waals surface area contributed by atoms with Crippen LogP contribution in [-0.4, -0.2) is 29.9 Å². The maximum Gasteiger partial charge on any atom is 0.261 e. The number of aryl methyl sites for hydroxylation is 1. The Hall–Kier alpha value is -2.90. The first-order valence-corrected chi connectivity index (χ1v) is 8.07. The molecule has 128 valence electrons. The number of rotatable bonds is 6. The molecule has 1 atom stereocenters. The van der Waals surface area contributed by atoms with Gasteiger partial charge in [0.2, 0.25) is 6.41 Å². The molecule has 0 spiro atoms. The molecule has 0 aliphatic carbocycles. The Kier molecular flexibility index (Phi) is 6.94. The van der Waals surface area contributed by atoms with Gasteiger partial charge in [0, 0.05) is 5.56 Å². The Balaban J connectivity index is 1.92. The van der Waals surface area contributed by atoms with Crippen LogP contribution in [-0.2, 0) is 16.1 Å². The van der Waals surface area contributed by atoms with Crippen molar-refractivity contribution in [1.29, 1.82) is 0 Å². The van der Waals surface area contributed by atoms with Gasteiger partial charge in [-0.25, -0.2) is 0 Å². The fraction of sp³-hybridized carbons (Fsp3) is 0.238. The summed E-state index contributed by atoms with van der Waals surface area (Å²) in [5, 5.41) is 0. The van der Waals surface area contributed by atoms with Crippen LogP contribution in [0.15, 0.2) is 54.6 Å². The standard InChI is InChI=1S/C21H21NO3/c1-17-9-6-7-13-20(17)21(24)22(16-23)18(2)10-8-14-25-15-19-11-4-3-5-12-19/h3-7,9,11-13,16,18H,14-15H2,1-2H3. The Bertz CT molecular complexity index is 774. The summed E-state index contributed by atoms with van der Waals surface area (Å²) in [4.78, 5) is 25.0. The van der Waals surface area contributed by atoms with Crippen molar-refractivity contribution >= 4 is 12.3 Å². The number of benzene rings is 2. The lowest BCUT2D eigenvalue weighted by Gasteiger charge is -2.19. The van der Waals surface area contributed by atoms with Crippen molar-refractivity contribution in [3.63, 3.8) is 0 Å². The van der Waals surface area contributed by atoms with Crippen LogP contribution in [0.25, 0.3) is 0 Å². The van der Waals surface area contributed by atoms with Crippen molar-refractivity contribution in [3.8, 4) is 11.8 Å². The van der Waals surface area contributed by atoms with Crippen molar-refractivity contribution < 1.29 is 14.3 Å². The number of ether oxygens (including phenoxy) is 1. The average molecular weight is 335 g/mol. The molecule has 2 aromatic rings. The van der Waals surface area contributed by atoms with E-state index in [1.54, 1.807) is 19.1 Å². The molecule has 0 saturated carbocycles. The maximum absolute atomic E-state index is 12.5. The maximum atomic E-state index is 12.5. The van der Waals surface area contributed by atoms with Crippen molar-refractivity contribution in [3.05, 3.63) is 71.3 Å². The first kappa shape index (κ1) is 18.4. The van der Waals surface area contributed by atoms with E-state index in [1.165, 1.54) is 0 Å². The second-order valence-corrected chi connectivity index (χ2v) is 5.61. The molecule has 0 aliphatic rings. The third kappa shape index (κ3) is 5.30. The van der Waals surface area contributed by atoms with Gasteiger partial charge in [-0.2, -0.15) is 0 Å². The Morgan fingerprint density at radius 2 is 1.84 bits per heavy atom. The molecule has 4 heteroatoms. The van der Waals surface area contributed by atoms with Crippen LogP contribution in [0.5, 0.6) is 0 Å². The number of nitrogens with zero attached hydrogens (tertiary/aromatic N) is 1. The van der Waals surface area contributed by atoms with Crippen molar-refractivity contribution in [2.75, 3.05) is 6.61 Å². The van der Waals surface area contributed by atoms with Crippen LogP contribution in [0, 0.1) is 18.8 Å². The van der Waals surface area contributed by atoms with Crippen molar-refractivity contribution in [1.82, 2.24) is 4.90 Å². The zero-order chi connectivity index (χ0) is 18.1. The van der Waals surface area contributed by atoms with Gasteiger partial charge in [0.15, 0.2) is 0 Å². The quantitative estimate of drug-likeness (QED) is 0.463. The number of imide groups is 1. The Labute approximate surface area is 148 Å². The van der Waals surface area contributed by atoms with Crippen LogP contribution in [0.2, 0.25) is 0 Å². The van der Waals surface area contributed by atoms with E-state index < -0.39 is 6.04 Å². The van der Waals surface area contributed by atoms with Gasteiger partial charge < -0.3 is 4.74 Å². The fourth-order valence-corrected chi connectivity index (χ4v) is 2.32. The molecule has 0 saturated heterocycles. The number of carbonyl (C=O) groups excluding carboxylic acids is 2. The number of carbonyl (C=O) groups is 2. The largest absolute Gasteiger partial charge is 0.364 e. The van der Waals surface area contributed by atoms with E-state index in [9.17, 15) is 9.59 Å². The lowest BCUT2D eigenvalue weighted by atomic mass is 10.1. The SMILES string of the molecule is Cc1ccccc1C(=O)N(C=O)C(C)C#CCOCc1ccccc1. The molecule has 4 nitrogen and oxygen atoms in total. The summed E-state index contributed by atoms with van der Waals surface area (Å²) in [6.07, 6.45) is 0.527. The van der Waals surface area contributed by atoms with E-state index in [0.717, 1.165) is 16.0 Å². The highest BCUT2D eigenvalue weighted by Crippen LogP contribution is 2.11. The molecular formula is C21H21NO3. The average Bonchev–Trinajstić information content (AvgIpc) is 2.63. The second kappa shape index (κ2) is 9.41. The van der Waals surface area contributed by atoms with E-state index >= 15 is 0 Å². The molecule has 2 amide bonds. The first-order valence-electron chi connectivity index (χ1n) is 8.07. The normalized spacial score (nSPS) is 11.1. The van der Waals surface area contributed by atoms with Crippen molar-refractivity contribution in [2.24, 2.45) is 0 Å². The molecule has 1 unspecified atom stereocenters. The first-order chi connectivity index (χ1) is 12.1. The second-order valence-electron chi connectivity index (χ2n) is 5.61. The molecule has 2 aromatic carbocycles. The summed E-state index contributed by atoms with van der Waals surface area (Å²) >= 11 is 0. The third-order valence-electron chi connectivity index (χ3n) is 3.74. The summed E-state index contributed by atoms with van der Waals surface area (Å²) < 4.78 is 5.48. The molecule has 0 aromatic heterocycles. The zero-order valence-electron chi connectivity index (χ0n) is 14.4. The number of hydrogen-bond acceptors (Lipinski definition) is 3. The summed E-state index contributed by atoms with van der Waals surface area (Å²) in [6.45, 7) is 4.27. The van der Waals surface area contributed by atoms with Gasteiger partial charge >= 0.3 is 0 Å². The van der Waals surface area contributed by atoms with Gasteiger partial charge in [0.1, 0.15) is 6.61 Å². The topological polar surface area (TPSA) is 46.6 Å². The Morgan fingerprint density at radius 1 is 1.16 bits per heavy atom. The molecule has 25 heavy (non-hydrogen) atoms. The highest BCUT2D eigenvalue weighted by molar-refractivity contribution is 6.01. The molecule has 0 heterocycles. The summed E-state index contributed by atoms with van der Waals surface area (Å²) in [7, 11) is 0. The third-order valence-corrected chi connectivity index (χ3v) is 3.74. The van der Waals surface area contributed by atoms with Gasteiger partial charge in [0.25, 0.3) is 5.91 Å². The van der Waals surface area contributed by atoms with Crippen LogP contribution >= 0.6 is 0 Å². The highest BCUT2D eigenvalue weighted by Gasteiger charge is 2.20. The molecule has 0 N–H and O–H groups in total. The lowest BCUT2D eigenvalue weighted by molar-refractivity contribution is -0.116. The summed E-state index contributed by atoms with van der Waals surface area (Å²) in [5.74, 6) is 5.41. The van der Waals surface area contributed by atoms with Crippen LogP contribution in [0.1, 0.15) is 28.4 Å². The van der Waals surface area contributed by atoms with Gasteiger partial charge in [-0.1, -0.05) is 60.4 Å². The molecule has 0 aliphatic heterocycles. The van der Waals surface area contributed by atoms with E-state index in [0.29, 0.717) is 18.6 Å². The minimum atomic E-state index is -0.523.